The number of benzene rings is 2. The van der Waals surface area contributed by atoms with E-state index >= 15 is 0 Å². The van der Waals surface area contributed by atoms with Gasteiger partial charge in [-0.25, -0.2) is 4.98 Å². The summed E-state index contributed by atoms with van der Waals surface area (Å²) in [4.78, 5) is 7.14. The van der Waals surface area contributed by atoms with E-state index in [2.05, 4.69) is 28.9 Å². The van der Waals surface area contributed by atoms with Crippen LogP contribution < -0.4 is 4.74 Å². The van der Waals surface area contributed by atoms with Gasteiger partial charge in [0.25, 0.3) is 0 Å². The van der Waals surface area contributed by atoms with Crippen molar-refractivity contribution in [2.24, 2.45) is 0 Å². The van der Waals surface area contributed by atoms with E-state index in [-0.39, 0.29) is 0 Å². The van der Waals surface area contributed by atoms with E-state index in [0.29, 0.717) is 12.5 Å². The van der Waals surface area contributed by atoms with Crippen LogP contribution in [-0.4, -0.2) is 36.1 Å². The van der Waals surface area contributed by atoms with Crippen LogP contribution in [0.5, 0.6) is 5.75 Å². The van der Waals surface area contributed by atoms with E-state index < -0.39 is 0 Å². The minimum Gasteiger partial charge on any atom is -0.492 e. The molecule has 0 bridgehead atoms. The Morgan fingerprint density at radius 3 is 3.00 bits per heavy atom. The number of para-hydroxylation sites is 2. The molecule has 2 aromatic carbocycles. The van der Waals surface area contributed by atoms with Gasteiger partial charge in [-0.05, 0) is 56.1 Å². The standard InChI is InChI=1S/C21H24N2O2/c1-16-6-4-8-18(14-16)24-13-12-23-11-5-7-17(15-23)21-22-19-9-2-3-10-20(19)25-21/h2-4,6,8-10,14,17H,5,7,11-13,15H2,1H3. The summed E-state index contributed by atoms with van der Waals surface area (Å²) in [5.74, 6) is 2.21. The van der Waals surface area contributed by atoms with Crippen molar-refractivity contribution in [3.05, 3.63) is 60.0 Å². The maximum absolute atomic E-state index is 5.97. The van der Waals surface area contributed by atoms with Gasteiger partial charge in [0.1, 0.15) is 17.9 Å². The fourth-order valence-electron chi connectivity index (χ4n) is 3.52. The van der Waals surface area contributed by atoms with Gasteiger partial charge in [0, 0.05) is 19.0 Å². The van der Waals surface area contributed by atoms with Gasteiger partial charge in [-0.2, -0.15) is 0 Å². The molecule has 1 saturated heterocycles. The first kappa shape index (κ1) is 16.2. The molecule has 1 atom stereocenters. The second-order valence-electron chi connectivity index (χ2n) is 6.82. The number of hydrogen-bond acceptors (Lipinski definition) is 4. The van der Waals surface area contributed by atoms with Crippen molar-refractivity contribution in [3.8, 4) is 5.75 Å². The average molecular weight is 336 g/mol. The summed E-state index contributed by atoms with van der Waals surface area (Å²) in [5.41, 5.74) is 3.07. The highest BCUT2D eigenvalue weighted by Crippen LogP contribution is 2.28. The number of piperidine rings is 1. The van der Waals surface area contributed by atoms with Crippen LogP contribution >= 0.6 is 0 Å². The third kappa shape index (κ3) is 3.85. The van der Waals surface area contributed by atoms with Crippen molar-refractivity contribution >= 4 is 11.1 Å². The summed E-state index contributed by atoms with van der Waals surface area (Å²) in [6.45, 7) is 5.84. The molecule has 0 N–H and O–H groups in total. The molecule has 3 aromatic rings. The largest absolute Gasteiger partial charge is 0.492 e. The van der Waals surface area contributed by atoms with Gasteiger partial charge in [0.15, 0.2) is 11.5 Å². The Kier molecular flexibility index (Phi) is 4.70. The SMILES string of the molecule is Cc1cccc(OCCN2CCCC(c3nc4ccccc4o3)C2)c1. The molecule has 25 heavy (non-hydrogen) atoms. The number of nitrogens with zero attached hydrogens (tertiary/aromatic N) is 2. The molecule has 4 rings (SSSR count). The second-order valence-corrected chi connectivity index (χ2v) is 6.82. The smallest absolute Gasteiger partial charge is 0.199 e. The van der Waals surface area contributed by atoms with Crippen LogP contribution in [0.2, 0.25) is 0 Å². The van der Waals surface area contributed by atoms with Gasteiger partial charge in [-0.15, -0.1) is 0 Å². The molecular weight excluding hydrogens is 312 g/mol. The molecule has 0 saturated carbocycles. The van der Waals surface area contributed by atoms with Crippen LogP contribution in [0.4, 0.5) is 0 Å². The minimum atomic E-state index is 0.375. The second kappa shape index (κ2) is 7.28. The van der Waals surface area contributed by atoms with Crippen LogP contribution in [0.1, 0.15) is 30.2 Å². The van der Waals surface area contributed by atoms with Gasteiger partial charge in [-0.1, -0.05) is 24.3 Å². The van der Waals surface area contributed by atoms with Crippen LogP contribution in [0.3, 0.4) is 0 Å². The predicted octanol–water partition coefficient (Wildman–Crippen LogP) is 4.39. The zero-order valence-electron chi connectivity index (χ0n) is 14.6. The molecule has 1 aromatic heterocycles. The molecule has 1 aliphatic heterocycles. The monoisotopic (exact) mass is 336 g/mol. The molecule has 0 aliphatic carbocycles. The van der Waals surface area contributed by atoms with Crippen molar-refractivity contribution in [2.75, 3.05) is 26.2 Å². The Bertz CT molecular complexity index is 810. The fraction of sp³-hybridized carbons (Fsp3) is 0.381. The number of ether oxygens (including phenoxy) is 1. The first-order valence-electron chi connectivity index (χ1n) is 9.05. The molecule has 1 unspecified atom stereocenters. The van der Waals surface area contributed by atoms with Crippen LogP contribution in [-0.2, 0) is 0 Å². The number of hydrogen-bond donors (Lipinski definition) is 0. The number of likely N-dealkylation sites (tertiary alicyclic amines) is 1. The van der Waals surface area contributed by atoms with E-state index in [1.54, 1.807) is 0 Å². The van der Waals surface area contributed by atoms with Crippen LogP contribution in [0.25, 0.3) is 11.1 Å². The van der Waals surface area contributed by atoms with E-state index in [1.807, 2.05) is 36.4 Å². The maximum Gasteiger partial charge on any atom is 0.199 e. The van der Waals surface area contributed by atoms with E-state index in [1.165, 1.54) is 12.0 Å². The topological polar surface area (TPSA) is 38.5 Å². The molecule has 4 heteroatoms. The van der Waals surface area contributed by atoms with E-state index in [9.17, 15) is 0 Å². The summed E-state index contributed by atoms with van der Waals surface area (Å²) in [6, 6.07) is 16.2. The number of oxazole rings is 1. The van der Waals surface area contributed by atoms with Crippen molar-refractivity contribution in [1.82, 2.24) is 9.88 Å². The molecular formula is C21H24N2O2. The van der Waals surface area contributed by atoms with Gasteiger partial charge in [-0.3, -0.25) is 4.90 Å². The van der Waals surface area contributed by atoms with Crippen LogP contribution in [0, 0.1) is 6.92 Å². The molecule has 130 valence electrons. The van der Waals surface area contributed by atoms with E-state index in [4.69, 9.17) is 9.15 Å². The van der Waals surface area contributed by atoms with Gasteiger partial charge < -0.3 is 9.15 Å². The normalized spacial score (nSPS) is 18.5. The third-order valence-corrected chi connectivity index (χ3v) is 4.83. The zero-order valence-corrected chi connectivity index (χ0v) is 14.6. The van der Waals surface area contributed by atoms with Gasteiger partial charge in [0.2, 0.25) is 0 Å². The Morgan fingerprint density at radius 1 is 1.20 bits per heavy atom. The Morgan fingerprint density at radius 2 is 2.12 bits per heavy atom. The number of rotatable bonds is 5. The Balaban J connectivity index is 1.34. The molecule has 1 aliphatic rings. The number of aromatic nitrogens is 1. The molecule has 1 fully saturated rings. The average Bonchev–Trinajstić information content (AvgIpc) is 3.06. The number of aryl methyl sites for hydroxylation is 1. The summed E-state index contributed by atoms with van der Waals surface area (Å²) >= 11 is 0. The Hall–Kier alpha value is -2.33. The van der Waals surface area contributed by atoms with Crippen molar-refractivity contribution < 1.29 is 9.15 Å². The first-order chi connectivity index (χ1) is 12.3. The van der Waals surface area contributed by atoms with E-state index in [0.717, 1.165) is 48.8 Å². The summed E-state index contributed by atoms with van der Waals surface area (Å²) in [6.07, 6.45) is 2.32. The lowest BCUT2D eigenvalue weighted by Crippen LogP contribution is -2.37. The van der Waals surface area contributed by atoms with Gasteiger partial charge in [0.05, 0.1) is 0 Å². The van der Waals surface area contributed by atoms with Gasteiger partial charge >= 0.3 is 0 Å². The Labute approximate surface area is 148 Å². The zero-order chi connectivity index (χ0) is 17.1. The molecule has 4 nitrogen and oxygen atoms in total. The highest BCUT2D eigenvalue weighted by molar-refractivity contribution is 5.72. The minimum absolute atomic E-state index is 0.375. The lowest BCUT2D eigenvalue weighted by atomic mass is 9.98. The molecule has 0 radical (unpaired) electrons. The van der Waals surface area contributed by atoms with Crippen LogP contribution in [0.15, 0.2) is 52.9 Å². The fourth-order valence-corrected chi connectivity index (χ4v) is 3.52. The predicted molar refractivity (Wildman–Crippen MR) is 99.1 cm³/mol. The highest BCUT2D eigenvalue weighted by Gasteiger charge is 2.25. The highest BCUT2D eigenvalue weighted by atomic mass is 16.5. The summed E-state index contributed by atoms with van der Waals surface area (Å²) in [7, 11) is 0. The molecule has 0 spiro atoms. The first-order valence-corrected chi connectivity index (χ1v) is 9.05. The number of fused-ring (bicyclic) bond motifs is 1. The lowest BCUT2D eigenvalue weighted by molar-refractivity contribution is 0.162. The quantitative estimate of drug-likeness (QED) is 0.692. The van der Waals surface area contributed by atoms with Crippen molar-refractivity contribution in [1.29, 1.82) is 0 Å². The summed E-state index contributed by atoms with van der Waals surface area (Å²) in [5, 5.41) is 0. The lowest BCUT2D eigenvalue weighted by Gasteiger charge is -2.31. The maximum atomic E-state index is 5.97. The summed E-state index contributed by atoms with van der Waals surface area (Å²) < 4.78 is 11.9. The molecule has 2 heterocycles. The van der Waals surface area contributed by atoms with Crippen molar-refractivity contribution in [2.45, 2.75) is 25.7 Å². The molecule has 0 amide bonds. The third-order valence-electron chi connectivity index (χ3n) is 4.83. The van der Waals surface area contributed by atoms with Crippen molar-refractivity contribution in [3.63, 3.8) is 0 Å².